The van der Waals surface area contributed by atoms with Crippen molar-refractivity contribution in [2.45, 2.75) is 33.2 Å². The Bertz CT molecular complexity index is 1190. The van der Waals surface area contributed by atoms with E-state index < -0.39 is 10.0 Å². The minimum Gasteiger partial charge on any atom is -0.347 e. The molecule has 0 atom stereocenters. The number of aromatic nitrogens is 2. The third kappa shape index (κ3) is 6.54. The maximum absolute atomic E-state index is 12.3. The molecule has 1 amide bonds. The zero-order valence-corrected chi connectivity index (χ0v) is 19.7. The second-order valence-corrected chi connectivity index (χ2v) is 9.93. The van der Waals surface area contributed by atoms with Gasteiger partial charge in [-0.15, -0.1) is 0 Å². The van der Waals surface area contributed by atoms with Gasteiger partial charge >= 0.3 is 0 Å². The van der Waals surface area contributed by atoms with E-state index in [-0.39, 0.29) is 31.3 Å². The van der Waals surface area contributed by atoms with Crippen LogP contribution in [-0.2, 0) is 21.4 Å². The Balaban J connectivity index is 1.53. The number of halogens is 1. The summed E-state index contributed by atoms with van der Waals surface area (Å²) in [7, 11) is -3.47. The van der Waals surface area contributed by atoms with Gasteiger partial charge in [0.1, 0.15) is 0 Å². The highest BCUT2D eigenvalue weighted by Gasteiger charge is 2.18. The van der Waals surface area contributed by atoms with Crippen LogP contribution < -0.4 is 9.62 Å². The third-order valence-electron chi connectivity index (χ3n) is 4.65. The lowest BCUT2D eigenvalue weighted by molar-refractivity contribution is -0.121. The second kappa shape index (κ2) is 10.1. The molecule has 170 valence electrons. The second-order valence-electron chi connectivity index (χ2n) is 7.58. The van der Waals surface area contributed by atoms with Gasteiger partial charge in [0, 0.05) is 23.6 Å². The fourth-order valence-corrected chi connectivity index (χ4v) is 4.44. The predicted octanol–water partition coefficient (Wildman–Crippen LogP) is 3.87. The molecule has 0 aliphatic rings. The first-order valence-electron chi connectivity index (χ1n) is 10.0. The Kier molecular flexibility index (Phi) is 7.52. The van der Waals surface area contributed by atoms with Crippen molar-refractivity contribution in [1.29, 1.82) is 0 Å². The summed E-state index contributed by atoms with van der Waals surface area (Å²) in [5.41, 5.74) is 3.27. The van der Waals surface area contributed by atoms with E-state index in [0.717, 1.165) is 17.4 Å². The van der Waals surface area contributed by atoms with Crippen LogP contribution in [0.3, 0.4) is 0 Å². The van der Waals surface area contributed by atoms with Crippen molar-refractivity contribution in [3.63, 3.8) is 0 Å². The van der Waals surface area contributed by atoms with E-state index in [0.29, 0.717) is 28.5 Å². The molecule has 0 aliphatic carbocycles. The number of nitrogens with zero attached hydrogens (tertiary/aromatic N) is 3. The Hall–Kier alpha value is -2.91. The summed E-state index contributed by atoms with van der Waals surface area (Å²) in [6, 6.07) is 12.7. The zero-order chi connectivity index (χ0) is 23.3. The monoisotopic (exact) mass is 476 g/mol. The molecule has 0 aliphatic heterocycles. The highest BCUT2D eigenvalue weighted by Crippen LogP contribution is 2.22. The number of carbonyl (C=O) groups excluding carboxylic acids is 1. The molecule has 1 N–H and O–H groups in total. The van der Waals surface area contributed by atoms with Crippen molar-refractivity contribution in [3.8, 4) is 11.4 Å². The number of nitrogens with one attached hydrogen (secondary N) is 1. The van der Waals surface area contributed by atoms with Gasteiger partial charge < -0.3 is 9.84 Å². The average molecular weight is 477 g/mol. The van der Waals surface area contributed by atoms with Crippen LogP contribution in [0.1, 0.15) is 29.9 Å². The number of anilines is 1. The number of rotatable bonds is 9. The summed E-state index contributed by atoms with van der Waals surface area (Å²) in [5.74, 6) is 0.414. The van der Waals surface area contributed by atoms with Gasteiger partial charge in [0.05, 0.1) is 18.5 Å². The summed E-state index contributed by atoms with van der Waals surface area (Å²) in [5, 5.41) is 7.17. The topological polar surface area (TPSA) is 105 Å². The van der Waals surface area contributed by atoms with Gasteiger partial charge in [-0.25, -0.2) is 8.42 Å². The molecule has 1 heterocycles. The Labute approximate surface area is 192 Å². The van der Waals surface area contributed by atoms with E-state index in [2.05, 4.69) is 15.5 Å². The molecule has 0 unspecified atom stereocenters. The maximum atomic E-state index is 12.3. The number of amides is 1. The van der Waals surface area contributed by atoms with Gasteiger partial charge in [-0.2, -0.15) is 4.98 Å². The van der Waals surface area contributed by atoms with Crippen molar-refractivity contribution in [2.24, 2.45) is 0 Å². The van der Waals surface area contributed by atoms with Crippen molar-refractivity contribution < 1.29 is 17.7 Å². The van der Waals surface area contributed by atoms with Gasteiger partial charge in [0.15, 0.2) is 0 Å². The van der Waals surface area contributed by atoms with Crippen LogP contribution in [0.4, 0.5) is 5.69 Å². The Morgan fingerprint density at radius 3 is 2.53 bits per heavy atom. The molecular weight excluding hydrogens is 452 g/mol. The maximum Gasteiger partial charge on any atom is 0.246 e. The van der Waals surface area contributed by atoms with E-state index in [1.165, 1.54) is 4.31 Å². The summed E-state index contributed by atoms with van der Waals surface area (Å²) >= 11 is 5.97. The standard InChI is InChI=1S/C22H25ClN4O4S/c1-15-10-16(2)12-19(11-15)27(32(3,29)30)9-5-8-20(28)24-14-21-25-22(26-31-21)17-6-4-7-18(23)13-17/h4,6-7,10-13H,5,8-9,14H2,1-3H3,(H,24,28). The smallest absolute Gasteiger partial charge is 0.246 e. The fourth-order valence-electron chi connectivity index (χ4n) is 3.30. The predicted molar refractivity (Wildman–Crippen MR) is 124 cm³/mol. The van der Waals surface area contributed by atoms with Crippen molar-refractivity contribution in [2.75, 3.05) is 17.1 Å². The molecule has 0 saturated carbocycles. The molecule has 0 saturated heterocycles. The minimum absolute atomic E-state index is 0.0826. The van der Waals surface area contributed by atoms with Crippen LogP contribution in [0, 0.1) is 13.8 Å². The van der Waals surface area contributed by atoms with E-state index in [1.807, 2.05) is 38.1 Å². The summed E-state index contributed by atoms with van der Waals surface area (Å²) in [6.07, 6.45) is 1.69. The van der Waals surface area contributed by atoms with Gasteiger partial charge in [0.2, 0.25) is 27.6 Å². The first kappa shape index (κ1) is 23.7. The Morgan fingerprint density at radius 1 is 1.16 bits per heavy atom. The number of benzene rings is 2. The van der Waals surface area contributed by atoms with E-state index in [1.54, 1.807) is 18.2 Å². The van der Waals surface area contributed by atoms with Crippen molar-refractivity contribution in [3.05, 3.63) is 64.5 Å². The number of hydrogen-bond donors (Lipinski definition) is 1. The first-order chi connectivity index (χ1) is 15.1. The van der Waals surface area contributed by atoms with Crippen molar-refractivity contribution in [1.82, 2.24) is 15.5 Å². The molecule has 8 nitrogen and oxygen atoms in total. The molecule has 0 spiro atoms. The van der Waals surface area contributed by atoms with Gasteiger partial charge in [-0.1, -0.05) is 35.0 Å². The highest BCUT2D eigenvalue weighted by atomic mass is 35.5. The van der Waals surface area contributed by atoms with Gasteiger partial charge in [-0.3, -0.25) is 9.10 Å². The highest BCUT2D eigenvalue weighted by molar-refractivity contribution is 7.92. The van der Waals surface area contributed by atoms with E-state index in [4.69, 9.17) is 16.1 Å². The molecule has 0 radical (unpaired) electrons. The average Bonchev–Trinajstić information content (AvgIpc) is 3.17. The van der Waals surface area contributed by atoms with Crippen LogP contribution in [-0.4, -0.2) is 37.3 Å². The number of hydrogen-bond acceptors (Lipinski definition) is 6. The quantitative estimate of drug-likeness (QED) is 0.502. The lowest BCUT2D eigenvalue weighted by Gasteiger charge is -2.23. The van der Waals surface area contributed by atoms with Crippen LogP contribution in [0.5, 0.6) is 0 Å². The lowest BCUT2D eigenvalue weighted by Crippen LogP contribution is -2.32. The van der Waals surface area contributed by atoms with E-state index >= 15 is 0 Å². The first-order valence-corrected chi connectivity index (χ1v) is 12.3. The van der Waals surface area contributed by atoms with Gasteiger partial charge in [0.25, 0.3) is 0 Å². The molecule has 1 aromatic heterocycles. The third-order valence-corrected chi connectivity index (χ3v) is 6.08. The molecule has 3 rings (SSSR count). The van der Waals surface area contributed by atoms with E-state index in [9.17, 15) is 13.2 Å². The summed E-state index contributed by atoms with van der Waals surface area (Å²) in [6.45, 7) is 4.12. The number of aryl methyl sites for hydroxylation is 2. The molecule has 0 bridgehead atoms. The normalized spacial score (nSPS) is 11.4. The molecule has 32 heavy (non-hydrogen) atoms. The van der Waals surface area contributed by atoms with Crippen LogP contribution >= 0.6 is 11.6 Å². The summed E-state index contributed by atoms with van der Waals surface area (Å²) < 4.78 is 31.0. The molecule has 0 fully saturated rings. The van der Waals surface area contributed by atoms with Crippen molar-refractivity contribution >= 4 is 33.2 Å². The van der Waals surface area contributed by atoms with Crippen LogP contribution in [0.15, 0.2) is 47.0 Å². The number of carbonyl (C=O) groups is 1. The van der Waals surface area contributed by atoms with Gasteiger partial charge in [-0.05, 0) is 55.7 Å². The summed E-state index contributed by atoms with van der Waals surface area (Å²) in [4.78, 5) is 16.5. The minimum atomic E-state index is -3.47. The molecule has 3 aromatic rings. The SMILES string of the molecule is Cc1cc(C)cc(N(CCCC(=O)NCc2nc(-c3cccc(Cl)c3)no2)S(C)(=O)=O)c1. The van der Waals surface area contributed by atoms with Crippen LogP contribution in [0.25, 0.3) is 11.4 Å². The molecular formula is C22H25ClN4O4S. The largest absolute Gasteiger partial charge is 0.347 e. The Morgan fingerprint density at radius 2 is 1.88 bits per heavy atom. The van der Waals surface area contributed by atoms with Crippen LogP contribution in [0.2, 0.25) is 5.02 Å². The molecule has 10 heteroatoms. The fraction of sp³-hybridized carbons (Fsp3) is 0.318. The number of sulfonamides is 1. The lowest BCUT2D eigenvalue weighted by atomic mass is 10.1. The molecule has 2 aromatic carbocycles. The zero-order valence-electron chi connectivity index (χ0n) is 18.1.